The van der Waals surface area contributed by atoms with Crippen LogP contribution in [-0.4, -0.2) is 0 Å². The van der Waals surface area contributed by atoms with Crippen LogP contribution >= 0.6 is 0 Å². The molecule has 0 unspecified atom stereocenters. The fourth-order valence-electron chi connectivity index (χ4n) is 0.813. The van der Waals surface area contributed by atoms with Crippen LogP contribution in [-0.2, 0) is 0 Å². The number of benzene rings is 1. The Balaban J connectivity index is 2.91. The molecule has 0 aliphatic heterocycles. The number of hydrogen-bond acceptors (Lipinski definition) is 0. The Bertz CT molecular complexity index is 328. The van der Waals surface area contributed by atoms with Gasteiger partial charge in [-0.2, -0.15) is 0 Å². The van der Waals surface area contributed by atoms with E-state index in [0.29, 0.717) is 0 Å². The normalized spacial score (nSPS) is 8.17. The minimum absolute atomic E-state index is 1.14. The maximum Gasteiger partial charge on any atom is -0.00428 e. The molecule has 1 rings (SSSR count). The molecule has 0 saturated heterocycles. The van der Waals surface area contributed by atoms with E-state index >= 15 is 0 Å². The van der Waals surface area contributed by atoms with E-state index in [1.54, 1.807) is 0 Å². The number of hydrogen-bond donors (Lipinski definition) is 0. The van der Waals surface area contributed by atoms with Gasteiger partial charge in [0.25, 0.3) is 0 Å². The van der Waals surface area contributed by atoms with Crippen molar-refractivity contribution in [2.24, 2.45) is 0 Å². The molecule has 0 heterocycles. The van der Waals surface area contributed by atoms with Crippen molar-refractivity contribution >= 4 is 6.08 Å². The van der Waals surface area contributed by atoms with Gasteiger partial charge in [-0.1, -0.05) is 41.8 Å². The minimum atomic E-state index is 1.14. The summed E-state index contributed by atoms with van der Waals surface area (Å²) in [5.74, 6) is 0. The lowest BCUT2D eigenvalue weighted by Gasteiger charge is -1.85. The molecule has 0 atom stereocenters. The van der Waals surface area contributed by atoms with Crippen molar-refractivity contribution in [3.63, 3.8) is 0 Å². The monoisotopic (exact) mass is 156 g/mol. The van der Waals surface area contributed by atoms with Crippen molar-refractivity contribution in [2.45, 2.75) is 13.8 Å². The maximum absolute atomic E-state index is 3.01. The highest BCUT2D eigenvalue weighted by Gasteiger charge is 1.78. The first-order valence-electron chi connectivity index (χ1n) is 3.99. The summed E-state index contributed by atoms with van der Waals surface area (Å²) in [6.07, 6.45) is 1.92. The molecule has 0 aromatic heterocycles. The third kappa shape index (κ3) is 3.07. The molecule has 0 N–H and O–H groups in total. The second-order valence-electron chi connectivity index (χ2n) is 2.82. The quantitative estimate of drug-likeness (QED) is 0.546. The standard InChI is InChI=1S/C12H12/c1-11(2)7-6-10-12-8-4-3-5-9-12/h3-5,8-10H,1-2H3. The number of rotatable bonds is 1. The van der Waals surface area contributed by atoms with Crippen LogP contribution in [0.15, 0.2) is 47.4 Å². The van der Waals surface area contributed by atoms with Crippen molar-refractivity contribution in [1.82, 2.24) is 0 Å². The lowest BCUT2D eigenvalue weighted by Crippen LogP contribution is -1.65. The van der Waals surface area contributed by atoms with E-state index in [-0.39, 0.29) is 0 Å². The summed E-state index contributed by atoms with van der Waals surface area (Å²) in [7, 11) is 0. The van der Waals surface area contributed by atoms with Gasteiger partial charge in [-0.05, 0) is 31.1 Å². The maximum atomic E-state index is 3.01. The molecule has 12 heavy (non-hydrogen) atoms. The molecule has 0 heteroatoms. The zero-order chi connectivity index (χ0) is 8.81. The fraction of sp³-hybridized carbons (Fsp3) is 0.167. The summed E-state index contributed by atoms with van der Waals surface area (Å²) >= 11 is 0. The molecule has 0 spiro atoms. The van der Waals surface area contributed by atoms with Crippen molar-refractivity contribution in [2.75, 3.05) is 0 Å². The second kappa shape index (κ2) is 4.41. The van der Waals surface area contributed by atoms with Gasteiger partial charge >= 0.3 is 0 Å². The molecule has 0 amide bonds. The van der Waals surface area contributed by atoms with E-state index in [1.807, 2.05) is 50.3 Å². The van der Waals surface area contributed by atoms with Gasteiger partial charge in [-0.15, -0.1) is 0 Å². The first kappa shape index (κ1) is 8.62. The Morgan fingerprint density at radius 3 is 2.42 bits per heavy atom. The highest BCUT2D eigenvalue weighted by Crippen LogP contribution is 1.98. The molecule has 0 bridgehead atoms. The Hall–Kier alpha value is -1.48. The third-order valence-corrected chi connectivity index (χ3v) is 1.36. The average molecular weight is 156 g/mol. The summed E-state index contributed by atoms with van der Waals surface area (Å²) in [4.78, 5) is 0. The molecule has 0 fully saturated rings. The van der Waals surface area contributed by atoms with Crippen LogP contribution in [0, 0.1) is 0 Å². The summed E-state index contributed by atoms with van der Waals surface area (Å²) < 4.78 is 0. The summed E-state index contributed by atoms with van der Waals surface area (Å²) in [6, 6.07) is 10.1. The predicted molar refractivity (Wildman–Crippen MR) is 52.8 cm³/mol. The molecule has 1 aromatic rings. The summed E-state index contributed by atoms with van der Waals surface area (Å²) in [6.45, 7) is 4.01. The van der Waals surface area contributed by atoms with Gasteiger partial charge in [-0.3, -0.25) is 0 Å². The van der Waals surface area contributed by atoms with Gasteiger partial charge < -0.3 is 0 Å². The highest BCUT2D eigenvalue weighted by molar-refractivity contribution is 5.47. The molecular formula is C12H12. The van der Waals surface area contributed by atoms with Gasteiger partial charge in [0.1, 0.15) is 0 Å². The van der Waals surface area contributed by atoms with Crippen LogP contribution in [0.4, 0.5) is 0 Å². The SMILES string of the molecule is CC(C)=C=C=Cc1ccccc1. The van der Waals surface area contributed by atoms with E-state index < -0.39 is 0 Å². The van der Waals surface area contributed by atoms with Gasteiger partial charge in [-0.25, -0.2) is 0 Å². The second-order valence-corrected chi connectivity index (χ2v) is 2.82. The first-order valence-corrected chi connectivity index (χ1v) is 3.99. The van der Waals surface area contributed by atoms with E-state index in [2.05, 4.69) is 11.5 Å². The van der Waals surface area contributed by atoms with Crippen LogP contribution in [0.5, 0.6) is 0 Å². The Morgan fingerprint density at radius 1 is 1.17 bits per heavy atom. The van der Waals surface area contributed by atoms with Gasteiger partial charge in [0.2, 0.25) is 0 Å². The molecule has 0 aliphatic carbocycles. The molecule has 60 valence electrons. The summed E-state index contributed by atoms with van der Waals surface area (Å²) in [5, 5.41) is 0. The lowest BCUT2D eigenvalue weighted by atomic mass is 10.2. The van der Waals surface area contributed by atoms with E-state index in [9.17, 15) is 0 Å². The Labute approximate surface area is 73.6 Å². The topological polar surface area (TPSA) is 0 Å². The van der Waals surface area contributed by atoms with E-state index in [4.69, 9.17) is 0 Å². The molecule has 0 radical (unpaired) electrons. The van der Waals surface area contributed by atoms with Crippen LogP contribution in [0.3, 0.4) is 0 Å². The molecule has 0 saturated carbocycles. The van der Waals surface area contributed by atoms with Gasteiger partial charge in [0.05, 0.1) is 0 Å². The lowest BCUT2D eigenvalue weighted by molar-refractivity contribution is 1.41. The summed E-state index contributed by atoms with van der Waals surface area (Å²) in [5.41, 5.74) is 8.29. The zero-order valence-corrected chi connectivity index (χ0v) is 7.46. The zero-order valence-electron chi connectivity index (χ0n) is 7.46. The van der Waals surface area contributed by atoms with Gasteiger partial charge in [0.15, 0.2) is 0 Å². The minimum Gasteiger partial charge on any atom is -0.0717 e. The average Bonchev–Trinajstić information content (AvgIpc) is 2.05. The Kier molecular flexibility index (Phi) is 3.17. The highest BCUT2D eigenvalue weighted by atomic mass is 13.8. The van der Waals surface area contributed by atoms with Gasteiger partial charge in [0, 0.05) is 0 Å². The van der Waals surface area contributed by atoms with Crippen LogP contribution in [0.2, 0.25) is 0 Å². The van der Waals surface area contributed by atoms with E-state index in [0.717, 1.165) is 11.1 Å². The predicted octanol–water partition coefficient (Wildman–Crippen LogP) is 3.42. The van der Waals surface area contributed by atoms with Crippen molar-refractivity contribution in [3.8, 4) is 0 Å². The van der Waals surface area contributed by atoms with Crippen LogP contribution in [0.1, 0.15) is 19.4 Å². The van der Waals surface area contributed by atoms with Crippen molar-refractivity contribution in [1.29, 1.82) is 0 Å². The molecular weight excluding hydrogens is 144 g/mol. The smallest absolute Gasteiger partial charge is 0.00428 e. The third-order valence-electron chi connectivity index (χ3n) is 1.36. The van der Waals surface area contributed by atoms with Crippen LogP contribution < -0.4 is 0 Å². The van der Waals surface area contributed by atoms with E-state index in [1.165, 1.54) is 0 Å². The Morgan fingerprint density at radius 2 is 1.83 bits per heavy atom. The number of allylic oxidation sites excluding steroid dienone is 1. The molecule has 0 aliphatic rings. The molecule has 1 aromatic carbocycles. The van der Waals surface area contributed by atoms with Crippen molar-refractivity contribution in [3.05, 3.63) is 52.9 Å². The molecule has 0 nitrogen and oxygen atoms in total. The van der Waals surface area contributed by atoms with Crippen molar-refractivity contribution < 1.29 is 0 Å². The fourth-order valence-corrected chi connectivity index (χ4v) is 0.813. The van der Waals surface area contributed by atoms with Crippen LogP contribution in [0.25, 0.3) is 6.08 Å². The first-order chi connectivity index (χ1) is 5.79. The largest absolute Gasteiger partial charge is 0.0717 e.